The lowest BCUT2D eigenvalue weighted by atomic mass is 10.1. The van der Waals surface area contributed by atoms with E-state index in [1.54, 1.807) is 12.1 Å². The Balaban J connectivity index is 1.89. The summed E-state index contributed by atoms with van der Waals surface area (Å²) in [5.41, 5.74) is 2.70. The highest BCUT2D eigenvalue weighted by atomic mass is 35.5. The molecule has 0 unspecified atom stereocenters. The van der Waals surface area contributed by atoms with E-state index in [2.05, 4.69) is 12.2 Å². The van der Waals surface area contributed by atoms with Crippen LogP contribution in [0.1, 0.15) is 18.2 Å². The van der Waals surface area contributed by atoms with Gasteiger partial charge < -0.3 is 9.73 Å². The van der Waals surface area contributed by atoms with Crippen molar-refractivity contribution in [2.75, 3.05) is 5.32 Å². The third-order valence-electron chi connectivity index (χ3n) is 3.49. The third kappa shape index (κ3) is 2.74. The molecule has 1 heterocycles. The number of benzene rings is 2. The van der Waals surface area contributed by atoms with E-state index in [-0.39, 0.29) is 5.02 Å². The van der Waals surface area contributed by atoms with Crippen molar-refractivity contribution < 1.29 is 8.81 Å². The van der Waals surface area contributed by atoms with Crippen LogP contribution in [0.15, 0.2) is 46.9 Å². The second-order valence-corrected chi connectivity index (χ2v) is 5.24. The Bertz CT molecular complexity index is 782. The Hall–Kier alpha value is -2.00. The largest absolute Gasteiger partial charge is 0.461 e. The summed E-state index contributed by atoms with van der Waals surface area (Å²) in [6.45, 7) is 2.64. The van der Waals surface area contributed by atoms with Gasteiger partial charge in [0.1, 0.15) is 17.2 Å². The van der Waals surface area contributed by atoms with Crippen LogP contribution < -0.4 is 5.32 Å². The second kappa shape index (κ2) is 5.78. The molecule has 3 rings (SSSR count). The molecule has 2 nitrogen and oxygen atoms in total. The van der Waals surface area contributed by atoms with Crippen molar-refractivity contribution >= 4 is 28.3 Å². The molecule has 1 aromatic heterocycles. The average molecular weight is 304 g/mol. The number of hydrogen-bond donors (Lipinski definition) is 1. The lowest BCUT2D eigenvalue weighted by Crippen LogP contribution is -2.01. The fourth-order valence-corrected chi connectivity index (χ4v) is 2.54. The fourth-order valence-electron chi connectivity index (χ4n) is 2.43. The van der Waals surface area contributed by atoms with E-state index in [0.717, 1.165) is 28.7 Å². The predicted molar refractivity (Wildman–Crippen MR) is 84.3 cm³/mol. The van der Waals surface area contributed by atoms with Gasteiger partial charge in [0.25, 0.3) is 0 Å². The molecular weight excluding hydrogens is 289 g/mol. The first-order chi connectivity index (χ1) is 10.2. The first-order valence-corrected chi connectivity index (χ1v) is 7.25. The molecule has 0 aliphatic heterocycles. The molecule has 0 fully saturated rings. The van der Waals surface area contributed by atoms with Gasteiger partial charge in [-0.3, -0.25) is 0 Å². The van der Waals surface area contributed by atoms with E-state index in [9.17, 15) is 4.39 Å². The van der Waals surface area contributed by atoms with Gasteiger partial charge in [-0.1, -0.05) is 36.7 Å². The molecule has 0 bridgehead atoms. The summed E-state index contributed by atoms with van der Waals surface area (Å²) in [5, 5.41) is 4.45. The number of rotatable bonds is 4. The average Bonchev–Trinajstić information content (AvgIpc) is 2.86. The zero-order valence-corrected chi connectivity index (χ0v) is 12.4. The Kier molecular flexibility index (Phi) is 3.84. The van der Waals surface area contributed by atoms with Crippen LogP contribution in [0.25, 0.3) is 11.0 Å². The zero-order chi connectivity index (χ0) is 14.8. The Morgan fingerprint density at radius 2 is 2.00 bits per heavy atom. The van der Waals surface area contributed by atoms with Gasteiger partial charge >= 0.3 is 0 Å². The smallest absolute Gasteiger partial charge is 0.143 e. The maximum Gasteiger partial charge on any atom is 0.143 e. The van der Waals surface area contributed by atoms with Crippen molar-refractivity contribution in [3.05, 3.63) is 64.6 Å². The Morgan fingerprint density at radius 3 is 2.76 bits per heavy atom. The summed E-state index contributed by atoms with van der Waals surface area (Å²) < 4.78 is 19.3. The summed E-state index contributed by atoms with van der Waals surface area (Å²) in [6, 6.07) is 12.7. The first kappa shape index (κ1) is 14.0. The van der Waals surface area contributed by atoms with Crippen LogP contribution in [0.5, 0.6) is 0 Å². The van der Waals surface area contributed by atoms with Gasteiger partial charge in [0.15, 0.2) is 0 Å². The van der Waals surface area contributed by atoms with E-state index >= 15 is 0 Å². The number of nitrogens with one attached hydrogen (secondary N) is 1. The molecule has 3 aromatic rings. The maximum atomic E-state index is 13.5. The predicted octanol–water partition coefficient (Wildman–Crippen LogP) is 5.40. The van der Waals surface area contributed by atoms with Crippen molar-refractivity contribution in [3.8, 4) is 0 Å². The molecule has 4 heteroatoms. The maximum absolute atomic E-state index is 13.5. The number of hydrogen-bond acceptors (Lipinski definition) is 2. The van der Waals surface area contributed by atoms with Crippen LogP contribution in [0.4, 0.5) is 10.1 Å². The minimum Gasteiger partial charge on any atom is -0.461 e. The Morgan fingerprint density at radius 1 is 1.19 bits per heavy atom. The highest BCUT2D eigenvalue weighted by molar-refractivity contribution is 6.30. The van der Waals surface area contributed by atoms with Crippen molar-refractivity contribution in [3.63, 3.8) is 0 Å². The third-order valence-corrected chi connectivity index (χ3v) is 3.80. The number of halogens is 2. The molecule has 1 N–H and O–H groups in total. The van der Waals surface area contributed by atoms with E-state index in [0.29, 0.717) is 12.2 Å². The summed E-state index contributed by atoms with van der Waals surface area (Å²) in [5.74, 6) is 0.535. The van der Waals surface area contributed by atoms with Crippen molar-refractivity contribution in [1.82, 2.24) is 0 Å². The molecule has 0 spiro atoms. The molecule has 0 saturated heterocycles. The van der Waals surface area contributed by atoms with Gasteiger partial charge in [0.2, 0.25) is 0 Å². The van der Waals surface area contributed by atoms with Crippen molar-refractivity contribution in [2.45, 2.75) is 19.9 Å². The first-order valence-electron chi connectivity index (χ1n) is 6.87. The van der Waals surface area contributed by atoms with Crippen molar-refractivity contribution in [1.29, 1.82) is 0 Å². The molecule has 0 amide bonds. The molecular formula is C17H15ClFNO. The topological polar surface area (TPSA) is 25.2 Å². The normalized spacial score (nSPS) is 11.0. The standard InChI is InChI=1S/C17H15ClFNO/c1-2-16-13(12-5-3-4-6-17(12)21-16)10-20-11-7-8-14(18)15(19)9-11/h3-9,20H,2,10H2,1H3. The van der Waals surface area contributed by atoms with Crippen LogP contribution in [0, 0.1) is 5.82 Å². The number of anilines is 1. The molecule has 21 heavy (non-hydrogen) atoms. The second-order valence-electron chi connectivity index (χ2n) is 4.84. The van der Waals surface area contributed by atoms with E-state index in [1.165, 1.54) is 6.07 Å². The highest BCUT2D eigenvalue weighted by Gasteiger charge is 2.12. The highest BCUT2D eigenvalue weighted by Crippen LogP contribution is 2.27. The molecule has 0 aliphatic rings. The zero-order valence-electron chi connectivity index (χ0n) is 11.6. The summed E-state index contributed by atoms with van der Waals surface area (Å²) >= 11 is 5.69. The van der Waals surface area contributed by atoms with Gasteiger partial charge in [-0.25, -0.2) is 4.39 Å². The van der Waals surface area contributed by atoms with Crippen LogP contribution in [0.3, 0.4) is 0 Å². The van der Waals surface area contributed by atoms with Crippen LogP contribution in [0.2, 0.25) is 5.02 Å². The number of para-hydroxylation sites is 1. The Labute approximate surface area is 127 Å². The quantitative estimate of drug-likeness (QED) is 0.698. The molecule has 0 saturated carbocycles. The van der Waals surface area contributed by atoms with Gasteiger partial charge in [-0.2, -0.15) is 0 Å². The molecule has 2 aromatic carbocycles. The van der Waals surface area contributed by atoms with Gasteiger partial charge in [0, 0.05) is 29.6 Å². The fraction of sp³-hybridized carbons (Fsp3) is 0.176. The monoisotopic (exact) mass is 303 g/mol. The van der Waals surface area contributed by atoms with Gasteiger partial charge in [-0.05, 0) is 24.3 Å². The summed E-state index contributed by atoms with van der Waals surface area (Å²) in [7, 11) is 0. The molecule has 0 radical (unpaired) electrons. The van der Waals surface area contributed by atoms with Gasteiger partial charge in [-0.15, -0.1) is 0 Å². The summed E-state index contributed by atoms with van der Waals surface area (Å²) in [6.07, 6.45) is 0.820. The van der Waals surface area contributed by atoms with Crippen LogP contribution in [-0.2, 0) is 13.0 Å². The lowest BCUT2D eigenvalue weighted by Gasteiger charge is -2.07. The van der Waals surface area contributed by atoms with Crippen LogP contribution >= 0.6 is 11.6 Å². The molecule has 108 valence electrons. The molecule has 0 atom stereocenters. The minimum atomic E-state index is -0.422. The van der Waals surface area contributed by atoms with E-state index in [4.69, 9.17) is 16.0 Å². The van der Waals surface area contributed by atoms with Crippen molar-refractivity contribution in [2.24, 2.45) is 0 Å². The van der Waals surface area contributed by atoms with E-state index < -0.39 is 5.82 Å². The lowest BCUT2D eigenvalue weighted by molar-refractivity contribution is 0.551. The number of aryl methyl sites for hydroxylation is 1. The number of furan rings is 1. The SMILES string of the molecule is CCc1oc2ccccc2c1CNc1ccc(Cl)c(F)c1. The van der Waals surface area contributed by atoms with Gasteiger partial charge in [0.05, 0.1) is 5.02 Å². The number of fused-ring (bicyclic) bond motifs is 1. The minimum absolute atomic E-state index is 0.128. The molecule has 0 aliphatic carbocycles. The van der Waals surface area contributed by atoms with E-state index in [1.807, 2.05) is 24.3 Å². The summed E-state index contributed by atoms with van der Waals surface area (Å²) in [4.78, 5) is 0. The van der Waals surface area contributed by atoms with Crippen LogP contribution in [-0.4, -0.2) is 0 Å².